The van der Waals surface area contributed by atoms with Crippen LogP contribution < -0.4 is 10.6 Å². The van der Waals surface area contributed by atoms with Gasteiger partial charge in [-0.1, -0.05) is 24.3 Å². The van der Waals surface area contributed by atoms with E-state index in [-0.39, 0.29) is 0 Å². The molecular weight excluding hydrogens is 216 g/mol. The first-order chi connectivity index (χ1) is 7.84. The summed E-state index contributed by atoms with van der Waals surface area (Å²) in [6, 6.07) is 8.94. The summed E-state index contributed by atoms with van der Waals surface area (Å²) in [7, 11) is 0. The van der Waals surface area contributed by atoms with Crippen LogP contribution in [0.15, 0.2) is 35.0 Å². The second kappa shape index (κ2) is 3.83. The summed E-state index contributed by atoms with van der Waals surface area (Å²) in [4.78, 5) is 0. The van der Waals surface area contributed by atoms with Crippen molar-refractivity contribution in [1.29, 1.82) is 0 Å². The fraction of sp³-hybridized carbons (Fsp3) is 0.231. The number of hydrogen-bond donors (Lipinski definition) is 2. The Kier molecular flexibility index (Phi) is 2.33. The molecule has 3 rings (SSSR count). The fourth-order valence-corrected chi connectivity index (χ4v) is 2.91. The third-order valence-corrected chi connectivity index (χ3v) is 3.80. The molecule has 1 aromatic carbocycles. The topological polar surface area (TPSA) is 24.1 Å². The number of nitrogens with one attached hydrogen (secondary N) is 2. The Bertz CT molecular complexity index is 504. The lowest BCUT2D eigenvalue weighted by molar-refractivity contribution is 0.799. The van der Waals surface area contributed by atoms with E-state index < -0.39 is 0 Å². The van der Waals surface area contributed by atoms with Crippen molar-refractivity contribution in [2.24, 2.45) is 0 Å². The van der Waals surface area contributed by atoms with Gasteiger partial charge in [0.05, 0.1) is 17.4 Å². The van der Waals surface area contributed by atoms with Gasteiger partial charge in [0.25, 0.3) is 0 Å². The number of hydrogen-bond acceptors (Lipinski definition) is 3. The zero-order valence-electron chi connectivity index (χ0n) is 9.16. The molecule has 0 bridgehead atoms. The number of benzene rings is 1. The molecule has 82 valence electrons. The Balaban J connectivity index is 1.92. The second-order valence-electron chi connectivity index (χ2n) is 4.13. The molecule has 0 radical (unpaired) electrons. The number of fused-ring (bicyclic) bond motifs is 1. The van der Waals surface area contributed by atoms with Gasteiger partial charge in [0, 0.05) is 17.3 Å². The van der Waals surface area contributed by atoms with Crippen molar-refractivity contribution in [1.82, 2.24) is 0 Å². The van der Waals surface area contributed by atoms with Crippen molar-refractivity contribution in [3.05, 3.63) is 46.2 Å². The lowest BCUT2D eigenvalue weighted by Gasteiger charge is -2.27. The quantitative estimate of drug-likeness (QED) is 0.781. The first kappa shape index (κ1) is 9.73. The van der Waals surface area contributed by atoms with E-state index in [0.29, 0.717) is 6.04 Å². The molecule has 1 aromatic heterocycles. The predicted molar refractivity (Wildman–Crippen MR) is 70.4 cm³/mol. The molecule has 0 spiro atoms. The van der Waals surface area contributed by atoms with Gasteiger partial charge in [-0.25, -0.2) is 0 Å². The Hall–Kier alpha value is -1.48. The van der Waals surface area contributed by atoms with Gasteiger partial charge in [-0.05, 0) is 18.1 Å². The zero-order chi connectivity index (χ0) is 11.0. The van der Waals surface area contributed by atoms with Gasteiger partial charge in [0.2, 0.25) is 0 Å². The van der Waals surface area contributed by atoms with Crippen LogP contribution in [0.4, 0.5) is 11.4 Å². The SMILES string of the molecule is Cc1ccccc1C1CNc2cscc2N1. The van der Waals surface area contributed by atoms with Crippen LogP contribution in [0.1, 0.15) is 17.2 Å². The van der Waals surface area contributed by atoms with Gasteiger partial charge < -0.3 is 10.6 Å². The summed E-state index contributed by atoms with van der Waals surface area (Å²) in [5, 5.41) is 11.4. The fourth-order valence-electron chi connectivity index (χ4n) is 2.16. The van der Waals surface area contributed by atoms with E-state index in [4.69, 9.17) is 0 Å². The summed E-state index contributed by atoms with van der Waals surface area (Å²) in [6.45, 7) is 3.12. The highest BCUT2D eigenvalue weighted by atomic mass is 32.1. The molecule has 2 heterocycles. The van der Waals surface area contributed by atoms with E-state index in [2.05, 4.69) is 52.6 Å². The summed E-state index contributed by atoms with van der Waals surface area (Å²) >= 11 is 1.73. The van der Waals surface area contributed by atoms with Crippen molar-refractivity contribution in [3.63, 3.8) is 0 Å². The molecule has 2 nitrogen and oxygen atoms in total. The largest absolute Gasteiger partial charge is 0.380 e. The van der Waals surface area contributed by atoms with Crippen molar-refractivity contribution in [3.8, 4) is 0 Å². The van der Waals surface area contributed by atoms with Gasteiger partial charge in [0.1, 0.15) is 0 Å². The smallest absolute Gasteiger partial charge is 0.0690 e. The lowest BCUT2D eigenvalue weighted by atomic mass is 10.00. The van der Waals surface area contributed by atoms with Crippen molar-refractivity contribution in [2.75, 3.05) is 17.2 Å². The Morgan fingerprint density at radius 2 is 2.00 bits per heavy atom. The Labute approximate surface area is 99.3 Å². The maximum atomic E-state index is 3.58. The molecule has 0 saturated carbocycles. The van der Waals surface area contributed by atoms with E-state index in [1.165, 1.54) is 22.5 Å². The number of rotatable bonds is 1. The van der Waals surface area contributed by atoms with Crippen LogP contribution in [0.2, 0.25) is 0 Å². The minimum absolute atomic E-state index is 0.378. The van der Waals surface area contributed by atoms with Crippen molar-refractivity contribution in [2.45, 2.75) is 13.0 Å². The molecular formula is C13H14N2S. The molecule has 0 saturated heterocycles. The van der Waals surface area contributed by atoms with Crippen LogP contribution in [0.3, 0.4) is 0 Å². The Morgan fingerprint density at radius 1 is 1.19 bits per heavy atom. The molecule has 1 unspecified atom stereocenters. The summed E-state index contributed by atoms with van der Waals surface area (Å²) in [5.41, 5.74) is 5.19. The molecule has 16 heavy (non-hydrogen) atoms. The first-order valence-corrected chi connectivity index (χ1v) is 6.41. The van der Waals surface area contributed by atoms with Crippen LogP contribution in [-0.4, -0.2) is 6.54 Å². The second-order valence-corrected chi connectivity index (χ2v) is 4.88. The predicted octanol–water partition coefficient (Wildman–Crippen LogP) is 3.64. The van der Waals surface area contributed by atoms with Crippen LogP contribution in [-0.2, 0) is 0 Å². The van der Waals surface area contributed by atoms with E-state index in [1.54, 1.807) is 11.3 Å². The van der Waals surface area contributed by atoms with Crippen molar-refractivity contribution >= 4 is 22.7 Å². The van der Waals surface area contributed by atoms with Gasteiger partial charge in [0.15, 0.2) is 0 Å². The average Bonchev–Trinajstić information content (AvgIpc) is 2.76. The normalized spacial score (nSPS) is 18.4. The maximum Gasteiger partial charge on any atom is 0.0690 e. The van der Waals surface area contributed by atoms with Crippen molar-refractivity contribution < 1.29 is 0 Å². The van der Waals surface area contributed by atoms with E-state index >= 15 is 0 Å². The monoisotopic (exact) mass is 230 g/mol. The van der Waals surface area contributed by atoms with E-state index in [0.717, 1.165) is 6.54 Å². The molecule has 3 heteroatoms. The molecule has 0 aliphatic carbocycles. The van der Waals surface area contributed by atoms with E-state index in [9.17, 15) is 0 Å². The number of thiophene rings is 1. The molecule has 1 atom stereocenters. The Morgan fingerprint density at radius 3 is 2.88 bits per heavy atom. The maximum absolute atomic E-state index is 3.58. The van der Waals surface area contributed by atoms with Crippen LogP contribution >= 0.6 is 11.3 Å². The minimum atomic E-state index is 0.378. The highest BCUT2D eigenvalue weighted by molar-refractivity contribution is 7.09. The molecule has 0 fully saturated rings. The van der Waals surface area contributed by atoms with Crippen LogP contribution in [0.25, 0.3) is 0 Å². The first-order valence-electron chi connectivity index (χ1n) is 5.47. The molecule has 1 aliphatic heterocycles. The zero-order valence-corrected chi connectivity index (χ0v) is 9.97. The van der Waals surface area contributed by atoms with Gasteiger partial charge >= 0.3 is 0 Å². The molecule has 1 aliphatic rings. The third kappa shape index (κ3) is 1.57. The summed E-state index contributed by atoms with van der Waals surface area (Å²) in [5.74, 6) is 0. The highest BCUT2D eigenvalue weighted by Gasteiger charge is 2.19. The number of aryl methyl sites for hydroxylation is 1. The van der Waals surface area contributed by atoms with Gasteiger partial charge in [-0.15, -0.1) is 11.3 Å². The van der Waals surface area contributed by atoms with Gasteiger partial charge in [-0.3, -0.25) is 0 Å². The number of anilines is 2. The molecule has 0 amide bonds. The van der Waals surface area contributed by atoms with E-state index in [1.807, 2.05) is 0 Å². The summed E-state index contributed by atoms with van der Waals surface area (Å²) < 4.78 is 0. The standard InChI is InChI=1S/C13H14N2S/c1-9-4-2-3-5-10(9)11-6-14-12-7-16-8-13(12)15-11/h2-5,7-8,11,14-15H,6H2,1H3. The molecule has 2 aromatic rings. The van der Waals surface area contributed by atoms with Crippen LogP contribution in [0.5, 0.6) is 0 Å². The lowest BCUT2D eigenvalue weighted by Crippen LogP contribution is -2.25. The van der Waals surface area contributed by atoms with Crippen LogP contribution in [0, 0.1) is 6.92 Å². The molecule has 2 N–H and O–H groups in total. The third-order valence-electron chi connectivity index (χ3n) is 3.05. The minimum Gasteiger partial charge on any atom is -0.380 e. The highest BCUT2D eigenvalue weighted by Crippen LogP contribution is 2.34. The van der Waals surface area contributed by atoms with Gasteiger partial charge in [-0.2, -0.15) is 0 Å². The average molecular weight is 230 g/mol. The summed E-state index contributed by atoms with van der Waals surface area (Å²) in [6.07, 6.45) is 0.